The molecule has 0 aliphatic rings. The summed E-state index contributed by atoms with van der Waals surface area (Å²) in [6.07, 6.45) is 2.08. The van der Waals surface area contributed by atoms with Gasteiger partial charge in [-0.05, 0) is 37.6 Å². The highest BCUT2D eigenvalue weighted by atomic mass is 32.2. The van der Waals surface area contributed by atoms with Gasteiger partial charge in [-0.15, -0.1) is 11.8 Å². The molecule has 2 aromatic rings. The molecular formula is C19H22O2S. The van der Waals surface area contributed by atoms with E-state index in [0.29, 0.717) is 23.7 Å². The monoisotopic (exact) mass is 314 g/mol. The predicted molar refractivity (Wildman–Crippen MR) is 93.1 cm³/mol. The number of benzene rings is 2. The minimum absolute atomic E-state index is 0.115. The number of ether oxygens (including phenoxy) is 1. The third kappa shape index (κ3) is 4.92. The van der Waals surface area contributed by atoms with Crippen molar-refractivity contribution in [2.75, 3.05) is 12.4 Å². The molecule has 0 N–H and O–H groups in total. The lowest BCUT2D eigenvalue weighted by molar-refractivity contribution is 0.101. The second-order valence-corrected chi connectivity index (χ2v) is 6.28. The summed E-state index contributed by atoms with van der Waals surface area (Å²) in [5.74, 6) is 1.25. The highest BCUT2D eigenvalue weighted by molar-refractivity contribution is 8.00. The van der Waals surface area contributed by atoms with Gasteiger partial charge >= 0.3 is 0 Å². The largest absolute Gasteiger partial charge is 0.493 e. The van der Waals surface area contributed by atoms with E-state index in [-0.39, 0.29) is 5.78 Å². The van der Waals surface area contributed by atoms with E-state index in [4.69, 9.17) is 4.74 Å². The SMILES string of the molecule is CCCCOc1ccc(C)cc1C(=O)CSc1ccccc1. The fraction of sp³-hybridized carbons (Fsp3) is 0.316. The average molecular weight is 314 g/mol. The van der Waals surface area contributed by atoms with Gasteiger partial charge < -0.3 is 4.74 Å². The van der Waals surface area contributed by atoms with Crippen molar-refractivity contribution < 1.29 is 9.53 Å². The van der Waals surface area contributed by atoms with Gasteiger partial charge in [-0.1, -0.05) is 43.2 Å². The minimum atomic E-state index is 0.115. The van der Waals surface area contributed by atoms with Crippen LogP contribution in [0.2, 0.25) is 0 Å². The number of rotatable bonds is 8. The molecule has 2 rings (SSSR count). The molecule has 0 saturated heterocycles. The molecule has 0 aromatic heterocycles. The van der Waals surface area contributed by atoms with Gasteiger partial charge in [-0.2, -0.15) is 0 Å². The topological polar surface area (TPSA) is 26.3 Å². The molecule has 0 aliphatic carbocycles. The first-order valence-corrected chi connectivity index (χ1v) is 8.63. The smallest absolute Gasteiger partial charge is 0.176 e. The maximum absolute atomic E-state index is 12.5. The maximum Gasteiger partial charge on any atom is 0.176 e. The van der Waals surface area contributed by atoms with E-state index in [0.717, 1.165) is 23.3 Å². The van der Waals surface area contributed by atoms with Crippen molar-refractivity contribution in [1.29, 1.82) is 0 Å². The van der Waals surface area contributed by atoms with E-state index in [2.05, 4.69) is 6.92 Å². The quantitative estimate of drug-likeness (QED) is 0.383. The summed E-state index contributed by atoms with van der Waals surface area (Å²) in [5, 5.41) is 0. The fourth-order valence-electron chi connectivity index (χ4n) is 2.06. The zero-order valence-electron chi connectivity index (χ0n) is 13.2. The molecule has 116 valence electrons. The van der Waals surface area contributed by atoms with Gasteiger partial charge in [0.05, 0.1) is 17.9 Å². The highest BCUT2D eigenvalue weighted by Gasteiger charge is 2.13. The van der Waals surface area contributed by atoms with Crippen LogP contribution in [0.25, 0.3) is 0 Å². The number of hydrogen-bond donors (Lipinski definition) is 0. The van der Waals surface area contributed by atoms with Gasteiger partial charge in [0.2, 0.25) is 0 Å². The van der Waals surface area contributed by atoms with Gasteiger partial charge in [-0.3, -0.25) is 4.79 Å². The second-order valence-electron chi connectivity index (χ2n) is 5.23. The fourth-order valence-corrected chi connectivity index (χ4v) is 2.86. The first kappa shape index (κ1) is 16.6. The van der Waals surface area contributed by atoms with E-state index in [9.17, 15) is 4.79 Å². The Hall–Kier alpha value is -1.74. The number of carbonyl (C=O) groups is 1. The van der Waals surface area contributed by atoms with Crippen molar-refractivity contribution in [1.82, 2.24) is 0 Å². The lowest BCUT2D eigenvalue weighted by Gasteiger charge is -2.11. The van der Waals surface area contributed by atoms with Crippen LogP contribution in [0.5, 0.6) is 5.75 Å². The summed E-state index contributed by atoms with van der Waals surface area (Å²) in [5.41, 5.74) is 1.77. The molecule has 0 spiro atoms. The zero-order chi connectivity index (χ0) is 15.8. The molecule has 3 heteroatoms. The van der Waals surface area contributed by atoms with Gasteiger partial charge in [0.25, 0.3) is 0 Å². The summed E-state index contributed by atoms with van der Waals surface area (Å²) in [7, 11) is 0. The van der Waals surface area contributed by atoms with Crippen LogP contribution in [0.15, 0.2) is 53.4 Å². The van der Waals surface area contributed by atoms with Crippen molar-refractivity contribution in [3.63, 3.8) is 0 Å². The van der Waals surface area contributed by atoms with E-state index >= 15 is 0 Å². The van der Waals surface area contributed by atoms with E-state index in [1.54, 1.807) is 11.8 Å². The van der Waals surface area contributed by atoms with Crippen LogP contribution >= 0.6 is 11.8 Å². The summed E-state index contributed by atoms with van der Waals surface area (Å²) in [4.78, 5) is 13.6. The van der Waals surface area contributed by atoms with Crippen LogP contribution in [0.3, 0.4) is 0 Å². The van der Waals surface area contributed by atoms with Gasteiger partial charge in [-0.25, -0.2) is 0 Å². The average Bonchev–Trinajstić information content (AvgIpc) is 2.55. The van der Waals surface area contributed by atoms with Crippen LogP contribution in [0, 0.1) is 6.92 Å². The summed E-state index contributed by atoms with van der Waals surface area (Å²) >= 11 is 1.56. The molecule has 0 aliphatic heterocycles. The Labute approximate surface area is 136 Å². The van der Waals surface area contributed by atoms with Crippen molar-refractivity contribution in [3.8, 4) is 5.75 Å². The molecule has 2 aromatic carbocycles. The lowest BCUT2D eigenvalue weighted by atomic mass is 10.1. The number of unbranched alkanes of at least 4 members (excludes halogenated alkanes) is 1. The van der Waals surface area contributed by atoms with Crippen molar-refractivity contribution in [3.05, 3.63) is 59.7 Å². The van der Waals surface area contributed by atoms with Crippen LogP contribution < -0.4 is 4.74 Å². The summed E-state index contributed by atoms with van der Waals surface area (Å²) in [6.45, 7) is 4.78. The standard InChI is InChI=1S/C19H22O2S/c1-3-4-12-21-19-11-10-15(2)13-17(19)18(20)14-22-16-8-6-5-7-9-16/h5-11,13H,3-4,12,14H2,1-2H3. The van der Waals surface area contributed by atoms with Crippen LogP contribution in [-0.4, -0.2) is 18.1 Å². The molecule has 22 heavy (non-hydrogen) atoms. The Morgan fingerprint density at radius 3 is 2.64 bits per heavy atom. The molecular weight excluding hydrogens is 292 g/mol. The number of carbonyl (C=O) groups excluding carboxylic acids is 1. The van der Waals surface area contributed by atoms with Crippen molar-refractivity contribution in [2.24, 2.45) is 0 Å². The molecule has 0 bridgehead atoms. The molecule has 0 atom stereocenters. The third-order valence-corrected chi connectivity index (χ3v) is 4.32. The Morgan fingerprint density at radius 2 is 1.91 bits per heavy atom. The number of Topliss-reactive ketones (excluding diaryl/α,β-unsaturated/α-hetero) is 1. The third-order valence-electron chi connectivity index (χ3n) is 3.30. The van der Waals surface area contributed by atoms with Crippen molar-refractivity contribution in [2.45, 2.75) is 31.6 Å². The maximum atomic E-state index is 12.5. The van der Waals surface area contributed by atoms with Crippen LogP contribution in [0.1, 0.15) is 35.7 Å². The van der Waals surface area contributed by atoms with Gasteiger partial charge in [0.1, 0.15) is 5.75 Å². The Balaban J connectivity index is 2.05. The first-order chi connectivity index (χ1) is 10.7. The highest BCUT2D eigenvalue weighted by Crippen LogP contribution is 2.24. The minimum Gasteiger partial charge on any atom is -0.493 e. The molecule has 2 nitrogen and oxygen atoms in total. The Kier molecular flexibility index (Phi) is 6.53. The molecule has 0 amide bonds. The first-order valence-electron chi connectivity index (χ1n) is 7.65. The zero-order valence-corrected chi connectivity index (χ0v) is 14.0. The Morgan fingerprint density at radius 1 is 1.14 bits per heavy atom. The van der Waals surface area contributed by atoms with Crippen LogP contribution in [-0.2, 0) is 0 Å². The second kappa shape index (κ2) is 8.64. The molecule has 0 saturated carbocycles. The normalized spacial score (nSPS) is 10.5. The van der Waals surface area contributed by atoms with Gasteiger partial charge in [0.15, 0.2) is 5.78 Å². The molecule has 0 heterocycles. The van der Waals surface area contributed by atoms with Crippen molar-refractivity contribution >= 4 is 17.5 Å². The Bertz CT molecular complexity index is 608. The molecule has 0 unspecified atom stereocenters. The lowest BCUT2D eigenvalue weighted by Crippen LogP contribution is -2.07. The van der Waals surface area contributed by atoms with E-state index in [1.807, 2.05) is 55.5 Å². The van der Waals surface area contributed by atoms with E-state index in [1.165, 1.54) is 0 Å². The predicted octanol–water partition coefficient (Wildman–Crippen LogP) is 5.15. The number of aryl methyl sites for hydroxylation is 1. The van der Waals surface area contributed by atoms with Crippen LogP contribution in [0.4, 0.5) is 0 Å². The van der Waals surface area contributed by atoms with Gasteiger partial charge in [0, 0.05) is 4.90 Å². The number of thioether (sulfide) groups is 1. The van der Waals surface area contributed by atoms with E-state index < -0.39 is 0 Å². The summed E-state index contributed by atoms with van der Waals surface area (Å²) in [6, 6.07) is 15.8. The molecule has 0 radical (unpaired) electrons. The molecule has 0 fully saturated rings. The number of ketones is 1. The summed E-state index contributed by atoms with van der Waals surface area (Å²) < 4.78 is 5.78. The number of hydrogen-bond acceptors (Lipinski definition) is 3.